The Bertz CT molecular complexity index is 676. The number of H-pyrrole nitrogens is 1. The third-order valence-corrected chi connectivity index (χ3v) is 5.79. The minimum absolute atomic E-state index is 0.174. The normalized spacial score (nSPS) is 24.0. The molecule has 6 nitrogen and oxygen atoms in total. The van der Waals surface area contributed by atoms with Crippen molar-refractivity contribution in [3.05, 3.63) is 36.0 Å². The first-order valence-corrected chi connectivity index (χ1v) is 9.40. The molecule has 1 aromatic carbocycles. The molecule has 0 amide bonds. The summed E-state index contributed by atoms with van der Waals surface area (Å²) in [7, 11) is 1.70. The zero-order valence-electron chi connectivity index (χ0n) is 16.1. The summed E-state index contributed by atoms with van der Waals surface area (Å²) in [5.41, 5.74) is 3.58. The number of nitrogens with one attached hydrogen (secondary N) is 1. The molecular weight excluding hydrogens is 328 g/mol. The monoisotopic (exact) mass is 358 g/mol. The molecule has 2 heterocycles. The molecule has 26 heavy (non-hydrogen) atoms. The van der Waals surface area contributed by atoms with Crippen molar-refractivity contribution in [3.63, 3.8) is 0 Å². The van der Waals surface area contributed by atoms with Gasteiger partial charge in [0.15, 0.2) is 0 Å². The maximum Gasteiger partial charge on any atom is 0.112 e. The molecule has 1 aromatic heterocycles. The minimum Gasteiger partial charge on any atom is -0.382 e. The second-order valence-electron chi connectivity index (χ2n) is 7.41. The standard InChI is InChI=1S/C20H30N4O2/c1-16-15-24(9-10-26-12-11-25-3)8-7-20(16,2)18-6-4-5-17(13-18)19-14-21-23-22-19/h4-6,13-14,16H,7-12,15H2,1-3H3,(H,21,22,23). The molecule has 1 aliphatic heterocycles. The van der Waals surface area contributed by atoms with E-state index in [2.05, 4.69) is 58.4 Å². The van der Waals surface area contributed by atoms with Crippen molar-refractivity contribution in [2.24, 2.45) is 5.92 Å². The fraction of sp³-hybridized carbons (Fsp3) is 0.600. The van der Waals surface area contributed by atoms with Gasteiger partial charge in [-0.05, 0) is 35.9 Å². The van der Waals surface area contributed by atoms with Gasteiger partial charge in [-0.25, -0.2) is 0 Å². The summed E-state index contributed by atoms with van der Waals surface area (Å²) >= 11 is 0. The number of nitrogens with zero attached hydrogens (tertiary/aromatic N) is 3. The van der Waals surface area contributed by atoms with Crippen molar-refractivity contribution in [1.82, 2.24) is 20.3 Å². The number of aromatic amines is 1. The van der Waals surface area contributed by atoms with E-state index in [9.17, 15) is 0 Å². The second-order valence-corrected chi connectivity index (χ2v) is 7.41. The van der Waals surface area contributed by atoms with E-state index >= 15 is 0 Å². The Hall–Kier alpha value is -1.76. The minimum atomic E-state index is 0.174. The average Bonchev–Trinajstić information content (AvgIpc) is 3.19. The molecule has 0 saturated carbocycles. The number of rotatable bonds is 8. The quantitative estimate of drug-likeness (QED) is 0.735. The number of methoxy groups -OCH3 is 1. The smallest absolute Gasteiger partial charge is 0.112 e. The Morgan fingerprint density at radius 1 is 1.31 bits per heavy atom. The summed E-state index contributed by atoms with van der Waals surface area (Å²) < 4.78 is 10.6. The van der Waals surface area contributed by atoms with Gasteiger partial charge in [-0.3, -0.25) is 5.10 Å². The first-order valence-electron chi connectivity index (χ1n) is 9.40. The van der Waals surface area contributed by atoms with E-state index in [0.29, 0.717) is 19.1 Å². The van der Waals surface area contributed by atoms with Crippen LogP contribution in [0.5, 0.6) is 0 Å². The van der Waals surface area contributed by atoms with E-state index < -0.39 is 0 Å². The topological polar surface area (TPSA) is 63.3 Å². The van der Waals surface area contributed by atoms with E-state index in [1.165, 1.54) is 5.56 Å². The van der Waals surface area contributed by atoms with Gasteiger partial charge in [0, 0.05) is 32.0 Å². The predicted molar refractivity (Wildman–Crippen MR) is 102 cm³/mol. The number of piperidine rings is 1. The van der Waals surface area contributed by atoms with Crippen LogP contribution in [0.1, 0.15) is 25.8 Å². The van der Waals surface area contributed by atoms with E-state index in [1.807, 2.05) is 6.20 Å². The SMILES string of the molecule is COCCOCCN1CCC(C)(c2cccc(-c3c[nH]nn3)c2)C(C)C1. The molecule has 142 valence electrons. The van der Waals surface area contributed by atoms with Crippen LogP contribution in [0.15, 0.2) is 30.5 Å². The molecule has 2 atom stereocenters. The van der Waals surface area contributed by atoms with Crippen LogP contribution in [0.2, 0.25) is 0 Å². The molecule has 1 saturated heterocycles. The average molecular weight is 358 g/mol. The second kappa shape index (κ2) is 8.75. The molecule has 1 fully saturated rings. The highest BCUT2D eigenvalue weighted by Crippen LogP contribution is 2.40. The summed E-state index contributed by atoms with van der Waals surface area (Å²) in [5, 5.41) is 10.8. The molecule has 0 bridgehead atoms. The highest BCUT2D eigenvalue weighted by atomic mass is 16.5. The number of benzene rings is 1. The molecule has 2 aromatic rings. The Morgan fingerprint density at radius 2 is 2.19 bits per heavy atom. The lowest BCUT2D eigenvalue weighted by Crippen LogP contribution is -2.48. The van der Waals surface area contributed by atoms with Gasteiger partial charge in [-0.2, -0.15) is 0 Å². The molecule has 6 heteroatoms. The van der Waals surface area contributed by atoms with Crippen molar-refractivity contribution in [3.8, 4) is 11.3 Å². The Balaban J connectivity index is 1.61. The van der Waals surface area contributed by atoms with Crippen molar-refractivity contribution in [2.45, 2.75) is 25.7 Å². The Kier molecular flexibility index (Phi) is 6.40. The number of hydrogen-bond acceptors (Lipinski definition) is 5. The van der Waals surface area contributed by atoms with Crippen molar-refractivity contribution < 1.29 is 9.47 Å². The summed E-state index contributed by atoms with van der Waals surface area (Å²) in [5.74, 6) is 0.572. The largest absolute Gasteiger partial charge is 0.382 e. The highest BCUT2D eigenvalue weighted by molar-refractivity contribution is 5.59. The van der Waals surface area contributed by atoms with Crippen LogP contribution in [-0.2, 0) is 14.9 Å². The summed E-state index contributed by atoms with van der Waals surface area (Å²) in [6.45, 7) is 10.0. The van der Waals surface area contributed by atoms with Gasteiger partial charge in [-0.15, -0.1) is 5.10 Å². The van der Waals surface area contributed by atoms with Gasteiger partial charge in [0.2, 0.25) is 0 Å². The van der Waals surface area contributed by atoms with Gasteiger partial charge < -0.3 is 14.4 Å². The van der Waals surface area contributed by atoms with Crippen LogP contribution in [0.4, 0.5) is 0 Å². The van der Waals surface area contributed by atoms with Crippen molar-refractivity contribution in [1.29, 1.82) is 0 Å². The van der Waals surface area contributed by atoms with E-state index in [4.69, 9.17) is 9.47 Å². The molecule has 1 aliphatic rings. The molecule has 0 spiro atoms. The van der Waals surface area contributed by atoms with Gasteiger partial charge in [0.1, 0.15) is 5.69 Å². The van der Waals surface area contributed by atoms with Crippen molar-refractivity contribution >= 4 is 0 Å². The van der Waals surface area contributed by atoms with Gasteiger partial charge in [-0.1, -0.05) is 37.3 Å². The van der Waals surface area contributed by atoms with Gasteiger partial charge in [0.05, 0.1) is 19.8 Å². The number of aromatic nitrogens is 3. The third kappa shape index (κ3) is 4.31. The number of ether oxygens (including phenoxy) is 2. The summed E-state index contributed by atoms with van der Waals surface area (Å²) in [6.07, 6.45) is 2.99. The maximum atomic E-state index is 5.62. The molecule has 1 N–H and O–H groups in total. The zero-order valence-corrected chi connectivity index (χ0v) is 16.1. The van der Waals surface area contributed by atoms with Crippen LogP contribution in [-0.4, -0.2) is 66.9 Å². The zero-order chi connectivity index (χ0) is 18.4. The fourth-order valence-electron chi connectivity index (χ4n) is 3.76. The molecule has 0 aliphatic carbocycles. The van der Waals surface area contributed by atoms with Crippen LogP contribution in [0.25, 0.3) is 11.3 Å². The third-order valence-electron chi connectivity index (χ3n) is 5.79. The van der Waals surface area contributed by atoms with Crippen LogP contribution in [0.3, 0.4) is 0 Å². The predicted octanol–water partition coefficient (Wildman–Crippen LogP) is 2.73. The molecule has 3 rings (SSSR count). The highest BCUT2D eigenvalue weighted by Gasteiger charge is 2.37. The molecule has 0 radical (unpaired) electrons. The maximum absolute atomic E-state index is 5.62. The lowest BCUT2D eigenvalue weighted by atomic mass is 9.68. The van der Waals surface area contributed by atoms with Gasteiger partial charge in [0.25, 0.3) is 0 Å². The molecular formula is C20H30N4O2. The first kappa shape index (κ1) is 19.0. The number of likely N-dealkylation sites (tertiary alicyclic amines) is 1. The fourth-order valence-corrected chi connectivity index (χ4v) is 3.76. The van der Waals surface area contributed by atoms with E-state index in [1.54, 1.807) is 7.11 Å². The van der Waals surface area contributed by atoms with Crippen LogP contribution >= 0.6 is 0 Å². The number of hydrogen-bond donors (Lipinski definition) is 1. The molecule has 2 unspecified atom stereocenters. The summed E-state index contributed by atoms with van der Waals surface area (Å²) in [6, 6.07) is 8.76. The van der Waals surface area contributed by atoms with E-state index in [-0.39, 0.29) is 5.41 Å². The lowest BCUT2D eigenvalue weighted by molar-refractivity contribution is 0.0397. The summed E-state index contributed by atoms with van der Waals surface area (Å²) in [4.78, 5) is 2.51. The van der Waals surface area contributed by atoms with Crippen LogP contribution < -0.4 is 0 Å². The Labute approximate surface area is 155 Å². The van der Waals surface area contributed by atoms with Crippen molar-refractivity contribution in [2.75, 3.05) is 46.6 Å². The van der Waals surface area contributed by atoms with E-state index in [0.717, 1.165) is 43.9 Å². The first-order chi connectivity index (χ1) is 12.6. The van der Waals surface area contributed by atoms with Gasteiger partial charge >= 0.3 is 0 Å². The lowest BCUT2D eigenvalue weighted by Gasteiger charge is -2.45. The Morgan fingerprint density at radius 3 is 2.92 bits per heavy atom. The van der Waals surface area contributed by atoms with Crippen LogP contribution in [0, 0.1) is 5.92 Å².